The molecule has 7 aromatic rings. The largest absolute Gasteiger partial charge is 0.647 e. The standard InChI is InChI=1S/C52H53O12P3/c1-34-18-11-19-35(2)48(34)60-65(53,56-44-28-16-30-46(32-44)58-66(54,61-49-36(3)20-12-21-37(49)4)62-50-38(5)22-13-23-39(50)6)57-45-29-17-31-47(33-45)59-67(55,63-51-40(7)24-14-25-41(51)8)64-52-42(9)26-15-27-43(52)10/h11-33H,1-10H3. The first-order chi connectivity index (χ1) is 31.8. The molecule has 0 aliphatic rings. The van der Waals surface area contributed by atoms with Gasteiger partial charge in [-0.3, -0.25) is 0 Å². The Balaban J connectivity index is 1.22. The maximum absolute atomic E-state index is 15.1. The van der Waals surface area contributed by atoms with Crippen molar-refractivity contribution in [1.29, 1.82) is 0 Å². The van der Waals surface area contributed by atoms with E-state index in [1.165, 1.54) is 36.4 Å². The Labute approximate surface area is 392 Å². The molecule has 7 rings (SSSR count). The molecule has 0 aromatic heterocycles. The van der Waals surface area contributed by atoms with Crippen molar-refractivity contribution in [2.75, 3.05) is 0 Å². The first-order valence-corrected chi connectivity index (χ1v) is 25.8. The van der Waals surface area contributed by atoms with Crippen LogP contribution in [-0.2, 0) is 13.7 Å². The minimum Gasteiger partial charge on any atom is -0.386 e. The average molecular weight is 963 g/mol. The summed E-state index contributed by atoms with van der Waals surface area (Å²) in [7, 11) is -13.7. The number of phosphoric ester groups is 3. The van der Waals surface area contributed by atoms with Gasteiger partial charge < -0.3 is 40.7 Å². The molecule has 0 N–H and O–H groups in total. The number of hydrogen-bond acceptors (Lipinski definition) is 12. The average Bonchev–Trinajstić information content (AvgIpc) is 3.25. The quantitative estimate of drug-likeness (QED) is 0.0758. The number of para-hydroxylation sites is 5. The monoisotopic (exact) mass is 962 g/mol. The van der Waals surface area contributed by atoms with Crippen LogP contribution in [0.15, 0.2) is 140 Å². The highest BCUT2D eigenvalue weighted by molar-refractivity contribution is 7.50. The number of benzene rings is 7. The molecule has 0 aliphatic heterocycles. The van der Waals surface area contributed by atoms with Crippen LogP contribution in [0, 0.1) is 69.2 Å². The van der Waals surface area contributed by atoms with E-state index in [9.17, 15) is 9.13 Å². The highest BCUT2D eigenvalue weighted by Crippen LogP contribution is 2.56. The van der Waals surface area contributed by atoms with Crippen LogP contribution >= 0.6 is 23.5 Å². The van der Waals surface area contributed by atoms with Crippen molar-refractivity contribution in [3.8, 4) is 51.7 Å². The van der Waals surface area contributed by atoms with Crippen molar-refractivity contribution in [2.24, 2.45) is 0 Å². The first kappa shape index (κ1) is 48.4. The second-order valence-electron chi connectivity index (χ2n) is 16.2. The number of rotatable bonds is 18. The van der Waals surface area contributed by atoms with E-state index >= 15 is 4.57 Å². The highest BCUT2D eigenvalue weighted by Gasteiger charge is 2.39. The van der Waals surface area contributed by atoms with Crippen LogP contribution in [0.2, 0.25) is 0 Å². The lowest BCUT2D eigenvalue weighted by Gasteiger charge is -2.24. The van der Waals surface area contributed by atoms with Crippen LogP contribution in [0.1, 0.15) is 55.6 Å². The fraction of sp³-hybridized carbons (Fsp3) is 0.192. The van der Waals surface area contributed by atoms with E-state index in [-0.39, 0.29) is 28.7 Å². The molecule has 0 amide bonds. The molecule has 15 heteroatoms. The van der Waals surface area contributed by atoms with Crippen LogP contribution in [0.25, 0.3) is 0 Å². The molecular weight excluding hydrogens is 909 g/mol. The second-order valence-corrected chi connectivity index (χ2v) is 20.5. The third-order valence-electron chi connectivity index (χ3n) is 10.5. The summed E-state index contributed by atoms with van der Waals surface area (Å²) in [6, 6.07) is 39.4. The molecule has 0 fully saturated rings. The molecule has 0 radical (unpaired) electrons. The summed E-state index contributed by atoms with van der Waals surface area (Å²) in [5.41, 5.74) is 7.04. The molecule has 0 atom stereocenters. The molecule has 0 unspecified atom stereocenters. The lowest BCUT2D eigenvalue weighted by Crippen LogP contribution is -2.11. The SMILES string of the molecule is Cc1cccc(C)c1OP(=O)(Oc1cccc(OP(=O)(Oc2c(C)cccc2C)Oc2c(C)cccc2C)c1)Oc1cccc(OP(=O)(Oc2c(C)cccc2C)Oc2c(C)cccc2C)c1. The zero-order valence-corrected chi connectivity index (χ0v) is 41.7. The van der Waals surface area contributed by atoms with Gasteiger partial charge in [0.2, 0.25) is 0 Å². The van der Waals surface area contributed by atoms with Crippen molar-refractivity contribution in [1.82, 2.24) is 0 Å². The maximum Gasteiger partial charge on any atom is 0.647 e. The minimum atomic E-state index is -4.73. The molecule has 0 aliphatic carbocycles. The molecule has 0 saturated carbocycles. The highest BCUT2D eigenvalue weighted by atomic mass is 31.2. The minimum absolute atomic E-state index is 0.00383. The van der Waals surface area contributed by atoms with Crippen LogP contribution < -0.4 is 40.7 Å². The summed E-state index contributed by atoms with van der Waals surface area (Å²) in [4.78, 5) is 0. The van der Waals surface area contributed by atoms with E-state index in [1.807, 2.05) is 134 Å². The second kappa shape index (κ2) is 20.1. The van der Waals surface area contributed by atoms with E-state index in [0.717, 1.165) is 0 Å². The predicted octanol–water partition coefficient (Wildman–Crippen LogP) is 15.7. The first-order valence-electron chi connectivity index (χ1n) is 21.4. The Bertz CT molecular complexity index is 2700. The zero-order valence-electron chi connectivity index (χ0n) is 39.0. The van der Waals surface area contributed by atoms with Gasteiger partial charge in [0.25, 0.3) is 0 Å². The number of aryl methyl sites for hydroxylation is 10. The van der Waals surface area contributed by atoms with Gasteiger partial charge in [-0.1, -0.05) is 103 Å². The molecule has 0 saturated heterocycles. The fourth-order valence-corrected chi connectivity index (χ4v) is 11.5. The fourth-order valence-electron chi connectivity index (χ4n) is 7.13. The molecule has 0 spiro atoms. The Morgan fingerprint density at radius 2 is 0.388 bits per heavy atom. The third kappa shape index (κ3) is 11.9. The Morgan fingerprint density at radius 3 is 0.567 bits per heavy atom. The molecule has 0 heterocycles. The van der Waals surface area contributed by atoms with Gasteiger partial charge >= 0.3 is 23.5 Å². The summed E-state index contributed by atoms with van der Waals surface area (Å²) < 4.78 is 100. The molecule has 67 heavy (non-hydrogen) atoms. The van der Waals surface area contributed by atoms with Gasteiger partial charge in [0.1, 0.15) is 51.7 Å². The summed E-state index contributed by atoms with van der Waals surface area (Å²) in [6.07, 6.45) is 0. The van der Waals surface area contributed by atoms with Gasteiger partial charge in [-0.2, -0.15) is 13.7 Å². The van der Waals surface area contributed by atoms with Crippen LogP contribution in [-0.4, -0.2) is 0 Å². The van der Waals surface area contributed by atoms with Gasteiger partial charge in [0, 0.05) is 12.1 Å². The summed E-state index contributed by atoms with van der Waals surface area (Å²) in [6.45, 7) is 18.2. The lowest BCUT2D eigenvalue weighted by molar-refractivity contribution is 0.292. The smallest absolute Gasteiger partial charge is 0.386 e. The van der Waals surface area contributed by atoms with E-state index in [2.05, 4.69) is 0 Å². The van der Waals surface area contributed by atoms with Crippen molar-refractivity contribution < 1.29 is 54.4 Å². The van der Waals surface area contributed by atoms with Gasteiger partial charge in [0.15, 0.2) is 0 Å². The van der Waals surface area contributed by atoms with Gasteiger partial charge in [-0.05, 0) is 149 Å². The summed E-state index contributed by atoms with van der Waals surface area (Å²) in [5.74, 6) is 1.50. The van der Waals surface area contributed by atoms with Crippen molar-refractivity contribution in [3.63, 3.8) is 0 Å². The topological polar surface area (TPSA) is 134 Å². The van der Waals surface area contributed by atoms with Crippen molar-refractivity contribution in [3.05, 3.63) is 195 Å². The van der Waals surface area contributed by atoms with E-state index in [4.69, 9.17) is 40.7 Å². The van der Waals surface area contributed by atoms with E-state index < -0.39 is 23.5 Å². The Hall–Kier alpha value is -6.57. The van der Waals surface area contributed by atoms with Gasteiger partial charge in [-0.15, -0.1) is 0 Å². The van der Waals surface area contributed by atoms with Crippen LogP contribution in [0.4, 0.5) is 0 Å². The Kier molecular flexibility index (Phi) is 14.5. The van der Waals surface area contributed by atoms with Gasteiger partial charge in [0.05, 0.1) is 0 Å². The third-order valence-corrected chi connectivity index (χ3v) is 14.3. The van der Waals surface area contributed by atoms with E-state index in [0.29, 0.717) is 78.6 Å². The molecule has 12 nitrogen and oxygen atoms in total. The molecule has 7 aromatic carbocycles. The normalized spacial score (nSPS) is 11.6. The molecule has 348 valence electrons. The Morgan fingerprint density at radius 1 is 0.239 bits per heavy atom. The predicted molar refractivity (Wildman–Crippen MR) is 261 cm³/mol. The summed E-state index contributed by atoms with van der Waals surface area (Å²) in [5, 5.41) is 0. The van der Waals surface area contributed by atoms with Crippen molar-refractivity contribution in [2.45, 2.75) is 69.2 Å². The number of phosphoric acid groups is 3. The van der Waals surface area contributed by atoms with Gasteiger partial charge in [-0.25, -0.2) is 0 Å². The zero-order chi connectivity index (χ0) is 48.1. The van der Waals surface area contributed by atoms with Crippen LogP contribution in [0.3, 0.4) is 0 Å². The summed E-state index contributed by atoms with van der Waals surface area (Å²) >= 11 is 0. The molecule has 0 bridgehead atoms. The number of hydrogen-bond donors (Lipinski definition) is 0. The van der Waals surface area contributed by atoms with Crippen molar-refractivity contribution >= 4 is 23.5 Å². The van der Waals surface area contributed by atoms with E-state index in [1.54, 1.807) is 38.1 Å². The maximum atomic E-state index is 15.1. The van der Waals surface area contributed by atoms with Crippen LogP contribution in [0.5, 0.6) is 51.7 Å². The lowest BCUT2D eigenvalue weighted by atomic mass is 10.1. The molecular formula is C52H53O12P3.